The Hall–Kier alpha value is -4.72. The Morgan fingerprint density at radius 2 is 1.33 bits per heavy atom. The molecule has 0 bridgehead atoms. The fourth-order valence-corrected chi connectivity index (χ4v) is 4.16. The molecular formula is C28H26N6O2. The van der Waals surface area contributed by atoms with E-state index in [2.05, 4.69) is 15.5 Å². The Kier molecular flexibility index (Phi) is 6.32. The molecule has 2 heterocycles. The lowest BCUT2D eigenvalue weighted by Crippen LogP contribution is -2.40. The zero-order valence-corrected chi connectivity index (χ0v) is 20.1. The second-order valence-corrected chi connectivity index (χ2v) is 8.57. The van der Waals surface area contributed by atoms with E-state index in [1.165, 1.54) is 9.13 Å². The summed E-state index contributed by atoms with van der Waals surface area (Å²) in [4.78, 5) is 31.5. The number of hydrazone groups is 1. The predicted molar refractivity (Wildman–Crippen MR) is 143 cm³/mol. The van der Waals surface area contributed by atoms with Gasteiger partial charge in [-0.05, 0) is 23.6 Å². The van der Waals surface area contributed by atoms with Gasteiger partial charge in [0.2, 0.25) is 5.95 Å². The van der Waals surface area contributed by atoms with Gasteiger partial charge in [-0.15, -0.1) is 0 Å². The van der Waals surface area contributed by atoms with Crippen molar-refractivity contribution in [2.75, 3.05) is 5.43 Å². The summed E-state index contributed by atoms with van der Waals surface area (Å²) < 4.78 is 4.46. The molecule has 0 spiro atoms. The number of benzene rings is 3. The number of imidazole rings is 1. The Balaban J connectivity index is 1.66. The molecule has 0 unspecified atom stereocenters. The number of nitrogens with one attached hydrogen (secondary N) is 1. The van der Waals surface area contributed by atoms with Crippen molar-refractivity contribution >= 4 is 22.8 Å². The van der Waals surface area contributed by atoms with E-state index in [1.807, 2.05) is 97.9 Å². The van der Waals surface area contributed by atoms with Gasteiger partial charge in [-0.1, -0.05) is 91.0 Å². The SMILES string of the molecule is CC(=NNc1nc2c(c(=O)n(Cc3ccccc3)c(=O)n2C)n1Cc1ccccc1)c1ccccc1. The van der Waals surface area contributed by atoms with Crippen LogP contribution in [0, 0.1) is 0 Å². The molecule has 0 fully saturated rings. The van der Waals surface area contributed by atoms with Crippen LogP contribution in [0.25, 0.3) is 11.2 Å². The van der Waals surface area contributed by atoms with Gasteiger partial charge in [0.05, 0.1) is 18.8 Å². The second kappa shape index (κ2) is 9.87. The molecule has 2 aromatic heterocycles. The molecule has 0 saturated carbocycles. The first-order valence-electron chi connectivity index (χ1n) is 11.7. The normalized spacial score (nSPS) is 11.7. The molecule has 1 N–H and O–H groups in total. The molecule has 8 nitrogen and oxygen atoms in total. The van der Waals surface area contributed by atoms with Gasteiger partial charge in [0, 0.05) is 7.05 Å². The molecule has 0 saturated heterocycles. The summed E-state index contributed by atoms with van der Waals surface area (Å²) in [6.45, 7) is 2.46. The van der Waals surface area contributed by atoms with E-state index >= 15 is 0 Å². The van der Waals surface area contributed by atoms with Crippen LogP contribution in [-0.4, -0.2) is 24.4 Å². The lowest BCUT2D eigenvalue weighted by molar-refractivity contribution is 0.653. The van der Waals surface area contributed by atoms with E-state index in [0.717, 1.165) is 22.4 Å². The summed E-state index contributed by atoms with van der Waals surface area (Å²) in [5.41, 5.74) is 6.47. The molecule has 5 rings (SSSR count). The third kappa shape index (κ3) is 4.48. The van der Waals surface area contributed by atoms with Crippen molar-refractivity contribution < 1.29 is 0 Å². The van der Waals surface area contributed by atoms with E-state index in [0.29, 0.717) is 23.7 Å². The van der Waals surface area contributed by atoms with Gasteiger partial charge in [0.15, 0.2) is 11.2 Å². The van der Waals surface area contributed by atoms with Crippen molar-refractivity contribution in [3.05, 3.63) is 129 Å². The largest absolute Gasteiger partial charge is 0.332 e. The number of aryl methyl sites for hydroxylation is 1. The highest BCUT2D eigenvalue weighted by Gasteiger charge is 2.21. The van der Waals surface area contributed by atoms with Gasteiger partial charge >= 0.3 is 5.69 Å². The van der Waals surface area contributed by atoms with E-state index in [4.69, 9.17) is 0 Å². The van der Waals surface area contributed by atoms with E-state index in [1.54, 1.807) is 11.6 Å². The van der Waals surface area contributed by atoms with Crippen LogP contribution in [0.5, 0.6) is 0 Å². The lowest BCUT2D eigenvalue weighted by Gasteiger charge is -2.11. The molecular weight excluding hydrogens is 452 g/mol. The van der Waals surface area contributed by atoms with Crippen molar-refractivity contribution in [1.82, 2.24) is 18.7 Å². The highest BCUT2D eigenvalue weighted by Crippen LogP contribution is 2.18. The van der Waals surface area contributed by atoms with E-state index in [9.17, 15) is 9.59 Å². The minimum atomic E-state index is -0.420. The van der Waals surface area contributed by atoms with Gasteiger partial charge in [0.1, 0.15) is 0 Å². The van der Waals surface area contributed by atoms with E-state index < -0.39 is 11.2 Å². The zero-order valence-electron chi connectivity index (χ0n) is 20.1. The summed E-state index contributed by atoms with van der Waals surface area (Å²) >= 11 is 0. The van der Waals surface area contributed by atoms with Crippen LogP contribution in [0.2, 0.25) is 0 Å². The Bertz CT molecular complexity index is 1650. The van der Waals surface area contributed by atoms with Crippen molar-refractivity contribution in [3.8, 4) is 0 Å². The van der Waals surface area contributed by atoms with Crippen LogP contribution in [0.15, 0.2) is 106 Å². The van der Waals surface area contributed by atoms with Gasteiger partial charge in [-0.2, -0.15) is 10.1 Å². The van der Waals surface area contributed by atoms with Crippen LogP contribution in [-0.2, 0) is 20.1 Å². The number of anilines is 1. The fourth-order valence-electron chi connectivity index (χ4n) is 4.16. The maximum Gasteiger partial charge on any atom is 0.332 e. The molecule has 180 valence electrons. The molecule has 0 radical (unpaired) electrons. The summed E-state index contributed by atoms with van der Waals surface area (Å²) in [6.07, 6.45) is 0. The number of nitrogens with zero attached hydrogens (tertiary/aromatic N) is 5. The summed E-state index contributed by atoms with van der Waals surface area (Å²) in [5, 5.41) is 4.52. The molecule has 0 amide bonds. The van der Waals surface area contributed by atoms with Crippen LogP contribution >= 0.6 is 0 Å². The van der Waals surface area contributed by atoms with Gasteiger partial charge in [-0.3, -0.25) is 18.5 Å². The standard InChI is InChI=1S/C28H26N6O2/c1-20(23-16-10-5-11-17-23)30-31-27-29-25-24(33(27)18-21-12-6-3-7-13-21)26(35)34(28(36)32(25)2)19-22-14-8-4-9-15-22/h3-17H,18-19H2,1-2H3,(H,29,31). The predicted octanol–water partition coefficient (Wildman–Crippen LogP) is 3.83. The Labute approximate surface area is 207 Å². The molecule has 0 aliphatic rings. The average Bonchev–Trinajstić information content (AvgIpc) is 3.28. The van der Waals surface area contributed by atoms with Crippen molar-refractivity contribution in [1.29, 1.82) is 0 Å². The number of hydrogen-bond donors (Lipinski definition) is 1. The van der Waals surface area contributed by atoms with Gasteiger partial charge in [0.25, 0.3) is 5.56 Å². The van der Waals surface area contributed by atoms with Crippen LogP contribution < -0.4 is 16.7 Å². The monoisotopic (exact) mass is 478 g/mol. The second-order valence-electron chi connectivity index (χ2n) is 8.57. The molecule has 0 aliphatic carbocycles. The highest BCUT2D eigenvalue weighted by molar-refractivity contribution is 5.99. The smallest absolute Gasteiger partial charge is 0.298 e. The lowest BCUT2D eigenvalue weighted by atomic mass is 10.1. The van der Waals surface area contributed by atoms with Crippen molar-refractivity contribution in [2.24, 2.45) is 12.1 Å². The summed E-state index contributed by atoms with van der Waals surface area (Å²) in [5.74, 6) is 0.383. The Morgan fingerprint density at radius 3 is 1.92 bits per heavy atom. The quantitative estimate of drug-likeness (QED) is 0.285. The molecule has 0 aliphatic heterocycles. The fraction of sp³-hybridized carbons (Fsp3) is 0.143. The minimum absolute atomic E-state index is 0.173. The van der Waals surface area contributed by atoms with Gasteiger partial charge in [-0.25, -0.2) is 10.2 Å². The van der Waals surface area contributed by atoms with Crippen LogP contribution in [0.1, 0.15) is 23.6 Å². The third-order valence-electron chi connectivity index (χ3n) is 6.11. The number of rotatable bonds is 7. The topological polar surface area (TPSA) is 86.2 Å². The molecule has 3 aromatic carbocycles. The van der Waals surface area contributed by atoms with Crippen LogP contribution in [0.4, 0.5) is 5.95 Å². The third-order valence-corrected chi connectivity index (χ3v) is 6.11. The number of hydrogen-bond acceptors (Lipinski definition) is 5. The number of fused-ring (bicyclic) bond motifs is 1. The summed E-state index contributed by atoms with van der Waals surface area (Å²) in [7, 11) is 1.63. The van der Waals surface area contributed by atoms with Crippen LogP contribution in [0.3, 0.4) is 0 Å². The minimum Gasteiger partial charge on any atom is -0.298 e. The molecule has 36 heavy (non-hydrogen) atoms. The highest BCUT2D eigenvalue weighted by atomic mass is 16.2. The first-order valence-corrected chi connectivity index (χ1v) is 11.7. The first kappa shape index (κ1) is 23.0. The number of aromatic nitrogens is 4. The van der Waals surface area contributed by atoms with E-state index in [-0.39, 0.29) is 6.54 Å². The summed E-state index contributed by atoms with van der Waals surface area (Å²) in [6, 6.07) is 29.1. The molecule has 5 aromatic rings. The zero-order chi connectivity index (χ0) is 25.1. The van der Waals surface area contributed by atoms with Gasteiger partial charge < -0.3 is 0 Å². The first-order chi connectivity index (χ1) is 17.5. The maximum atomic E-state index is 13.7. The Morgan fingerprint density at radius 1 is 0.806 bits per heavy atom. The maximum absolute atomic E-state index is 13.7. The van der Waals surface area contributed by atoms with Crippen molar-refractivity contribution in [3.63, 3.8) is 0 Å². The molecule has 8 heteroatoms. The van der Waals surface area contributed by atoms with Crippen molar-refractivity contribution in [2.45, 2.75) is 20.0 Å². The average molecular weight is 479 g/mol. The molecule has 0 atom stereocenters.